The molecule has 8 nitrogen and oxygen atoms in total. The molecule has 3 heterocycles. The zero-order valence-corrected chi connectivity index (χ0v) is 15.8. The normalized spacial score (nSPS) is 16.6. The van der Waals surface area contributed by atoms with E-state index in [0.29, 0.717) is 31.6 Å². The number of H-pyrrole nitrogens is 1. The zero-order valence-electron chi connectivity index (χ0n) is 15.0. The van der Waals surface area contributed by atoms with Crippen molar-refractivity contribution >= 4 is 26.8 Å². The number of benzene rings is 1. The van der Waals surface area contributed by atoms with Gasteiger partial charge in [0.15, 0.2) is 0 Å². The number of nitrogens with zero attached hydrogens (tertiary/aromatic N) is 4. The van der Waals surface area contributed by atoms with Gasteiger partial charge in [0, 0.05) is 56.7 Å². The zero-order chi connectivity index (χ0) is 19.0. The number of rotatable bonds is 3. The molecule has 4 rings (SSSR count). The van der Waals surface area contributed by atoms with E-state index in [1.54, 1.807) is 11.9 Å². The van der Waals surface area contributed by atoms with Crippen LogP contribution in [0.4, 0.5) is 0 Å². The molecule has 142 valence electrons. The molecule has 0 spiro atoms. The standard InChI is InChI=1S/C18H21N5O3S/c1-21-13-16(12-20-21)27(25,26)23-8-2-7-22(9-10-23)18(24)15-4-3-14-5-6-19-17(14)11-15/h3-6,11-13,19H,2,7-10H2,1H3. The highest BCUT2D eigenvalue weighted by atomic mass is 32.2. The molecule has 1 amide bonds. The Morgan fingerprint density at radius 1 is 1.15 bits per heavy atom. The van der Waals surface area contributed by atoms with Gasteiger partial charge in [-0.2, -0.15) is 9.40 Å². The van der Waals surface area contributed by atoms with Crippen molar-refractivity contribution in [3.63, 3.8) is 0 Å². The SMILES string of the molecule is Cn1cc(S(=O)(=O)N2CCCN(C(=O)c3ccc4cc[nH]c4c3)CC2)cn1. The molecule has 3 aromatic rings. The fraction of sp³-hybridized carbons (Fsp3) is 0.333. The second-order valence-corrected chi connectivity index (χ2v) is 8.62. The lowest BCUT2D eigenvalue weighted by Crippen LogP contribution is -2.37. The fourth-order valence-corrected chi connectivity index (χ4v) is 4.84. The van der Waals surface area contributed by atoms with Gasteiger partial charge in [-0.05, 0) is 30.0 Å². The Kier molecular flexibility index (Phi) is 4.48. The molecule has 1 aromatic carbocycles. The number of fused-ring (bicyclic) bond motifs is 1. The third-order valence-corrected chi connectivity index (χ3v) is 6.71. The lowest BCUT2D eigenvalue weighted by Gasteiger charge is -2.21. The van der Waals surface area contributed by atoms with E-state index in [-0.39, 0.29) is 17.3 Å². The molecule has 1 aliphatic heterocycles. The number of nitrogens with one attached hydrogen (secondary N) is 1. The van der Waals surface area contributed by atoms with Crippen molar-refractivity contribution in [1.82, 2.24) is 24.0 Å². The average molecular weight is 387 g/mol. The Morgan fingerprint density at radius 2 is 2.00 bits per heavy atom. The summed E-state index contributed by atoms with van der Waals surface area (Å²) in [5.41, 5.74) is 1.52. The number of carbonyl (C=O) groups excluding carboxylic acids is 1. The molecular formula is C18H21N5O3S. The maximum absolute atomic E-state index is 12.9. The molecule has 0 atom stereocenters. The first-order chi connectivity index (χ1) is 12.9. The van der Waals surface area contributed by atoms with Crippen molar-refractivity contribution in [2.75, 3.05) is 26.2 Å². The van der Waals surface area contributed by atoms with E-state index in [9.17, 15) is 13.2 Å². The summed E-state index contributed by atoms with van der Waals surface area (Å²) >= 11 is 0. The van der Waals surface area contributed by atoms with Crippen molar-refractivity contribution in [1.29, 1.82) is 0 Å². The maximum atomic E-state index is 12.9. The van der Waals surface area contributed by atoms with Gasteiger partial charge >= 0.3 is 0 Å². The molecule has 0 bridgehead atoms. The Bertz CT molecular complexity index is 1090. The number of amides is 1. The van der Waals surface area contributed by atoms with Crippen molar-refractivity contribution in [3.05, 3.63) is 48.4 Å². The van der Waals surface area contributed by atoms with E-state index in [4.69, 9.17) is 0 Å². The smallest absolute Gasteiger partial charge is 0.253 e. The molecule has 0 radical (unpaired) electrons. The van der Waals surface area contributed by atoms with Crippen molar-refractivity contribution in [2.24, 2.45) is 7.05 Å². The van der Waals surface area contributed by atoms with E-state index in [2.05, 4.69) is 10.1 Å². The van der Waals surface area contributed by atoms with Gasteiger partial charge in [0.2, 0.25) is 10.0 Å². The molecular weight excluding hydrogens is 366 g/mol. The molecule has 0 aliphatic carbocycles. The summed E-state index contributed by atoms with van der Waals surface area (Å²) in [6, 6.07) is 7.52. The van der Waals surface area contributed by atoms with Gasteiger partial charge in [0.25, 0.3) is 5.91 Å². The van der Waals surface area contributed by atoms with Crippen LogP contribution in [0.2, 0.25) is 0 Å². The summed E-state index contributed by atoms with van der Waals surface area (Å²) in [5, 5.41) is 5.00. The van der Waals surface area contributed by atoms with Crippen molar-refractivity contribution < 1.29 is 13.2 Å². The number of hydrogen-bond donors (Lipinski definition) is 1. The first kappa shape index (κ1) is 17.7. The van der Waals surface area contributed by atoms with Gasteiger partial charge < -0.3 is 9.88 Å². The third-order valence-electron chi connectivity index (χ3n) is 4.86. The minimum atomic E-state index is -3.59. The van der Waals surface area contributed by atoms with Crippen LogP contribution in [0.5, 0.6) is 0 Å². The first-order valence-corrected chi connectivity index (χ1v) is 10.2. The van der Waals surface area contributed by atoms with E-state index < -0.39 is 10.0 Å². The number of hydrogen-bond acceptors (Lipinski definition) is 4. The molecule has 1 fully saturated rings. The first-order valence-electron chi connectivity index (χ1n) is 8.80. The van der Waals surface area contributed by atoms with Gasteiger partial charge in [0.05, 0.1) is 6.20 Å². The molecule has 2 aromatic heterocycles. The molecule has 27 heavy (non-hydrogen) atoms. The monoisotopic (exact) mass is 387 g/mol. The van der Waals surface area contributed by atoms with Gasteiger partial charge in [0.1, 0.15) is 4.90 Å². The van der Waals surface area contributed by atoms with Crippen LogP contribution >= 0.6 is 0 Å². The van der Waals surface area contributed by atoms with E-state index in [1.165, 1.54) is 21.4 Å². The second kappa shape index (κ2) is 6.82. The number of carbonyl (C=O) groups is 1. The maximum Gasteiger partial charge on any atom is 0.253 e. The van der Waals surface area contributed by atoms with Gasteiger partial charge in [-0.25, -0.2) is 8.42 Å². The van der Waals surface area contributed by atoms with Crippen LogP contribution in [-0.2, 0) is 17.1 Å². The van der Waals surface area contributed by atoms with E-state index >= 15 is 0 Å². The van der Waals surface area contributed by atoms with Crippen LogP contribution in [0.3, 0.4) is 0 Å². The van der Waals surface area contributed by atoms with Crippen molar-refractivity contribution in [2.45, 2.75) is 11.3 Å². The third kappa shape index (κ3) is 3.35. The van der Waals surface area contributed by atoms with E-state index in [0.717, 1.165) is 10.9 Å². The summed E-state index contributed by atoms with van der Waals surface area (Å²) in [6.45, 7) is 1.55. The summed E-state index contributed by atoms with van der Waals surface area (Å²) in [4.78, 5) is 17.9. The van der Waals surface area contributed by atoms with Crippen LogP contribution in [0.25, 0.3) is 10.9 Å². The topological polar surface area (TPSA) is 91.3 Å². The predicted octanol–water partition coefficient (Wildman–Crippen LogP) is 1.44. The van der Waals surface area contributed by atoms with Gasteiger partial charge in [-0.3, -0.25) is 9.48 Å². The number of aromatic nitrogens is 3. The minimum absolute atomic E-state index is 0.0767. The van der Waals surface area contributed by atoms with Crippen LogP contribution < -0.4 is 0 Å². The molecule has 1 N–H and O–H groups in total. The molecule has 0 saturated carbocycles. The van der Waals surface area contributed by atoms with Crippen LogP contribution in [-0.4, -0.2) is 64.5 Å². The number of aryl methyl sites for hydroxylation is 1. The number of aromatic amines is 1. The predicted molar refractivity (Wildman–Crippen MR) is 101 cm³/mol. The second-order valence-electron chi connectivity index (χ2n) is 6.68. The van der Waals surface area contributed by atoms with Crippen LogP contribution in [0.1, 0.15) is 16.8 Å². The molecule has 0 unspecified atom stereocenters. The largest absolute Gasteiger partial charge is 0.361 e. The highest BCUT2D eigenvalue weighted by Crippen LogP contribution is 2.19. The van der Waals surface area contributed by atoms with Crippen molar-refractivity contribution in [3.8, 4) is 0 Å². The molecule has 1 saturated heterocycles. The van der Waals surface area contributed by atoms with E-state index in [1.807, 2.05) is 30.5 Å². The summed E-state index contributed by atoms with van der Waals surface area (Å²) < 4.78 is 28.5. The van der Waals surface area contributed by atoms with Crippen LogP contribution in [0.15, 0.2) is 47.8 Å². The summed E-state index contributed by atoms with van der Waals surface area (Å²) in [5.74, 6) is -0.0767. The lowest BCUT2D eigenvalue weighted by atomic mass is 10.1. The average Bonchev–Trinajstić information content (AvgIpc) is 3.22. The Hall–Kier alpha value is -2.65. The van der Waals surface area contributed by atoms with Gasteiger partial charge in [-0.15, -0.1) is 0 Å². The molecule has 9 heteroatoms. The quantitative estimate of drug-likeness (QED) is 0.736. The highest BCUT2D eigenvalue weighted by Gasteiger charge is 2.29. The Morgan fingerprint density at radius 3 is 2.78 bits per heavy atom. The van der Waals surface area contributed by atoms with Gasteiger partial charge in [-0.1, -0.05) is 6.07 Å². The minimum Gasteiger partial charge on any atom is -0.361 e. The Labute approximate surface area is 157 Å². The summed E-state index contributed by atoms with van der Waals surface area (Å²) in [6.07, 6.45) is 5.28. The lowest BCUT2D eigenvalue weighted by molar-refractivity contribution is 0.0764. The summed E-state index contributed by atoms with van der Waals surface area (Å²) in [7, 11) is -1.91. The molecule has 1 aliphatic rings. The number of sulfonamides is 1. The Balaban J connectivity index is 1.50. The fourth-order valence-electron chi connectivity index (χ4n) is 3.38. The van der Waals surface area contributed by atoms with Crippen LogP contribution in [0, 0.1) is 0 Å². The highest BCUT2D eigenvalue weighted by molar-refractivity contribution is 7.89.